The molecule has 10 heteroatoms. The molecule has 0 aliphatic rings. The van der Waals surface area contributed by atoms with E-state index in [4.69, 9.17) is 0 Å². The zero-order valence-corrected chi connectivity index (χ0v) is 18.0. The average molecular weight is 472 g/mol. The molecule has 2 N–H and O–H groups in total. The molecular weight excluding hydrogens is 443 g/mol. The molecule has 0 aliphatic heterocycles. The Morgan fingerprint density at radius 3 is 2.71 bits per heavy atom. The second kappa shape index (κ2) is 11.6. The highest BCUT2D eigenvalue weighted by molar-refractivity contribution is 14.0. The molecule has 24 heavy (non-hydrogen) atoms. The molecule has 1 heterocycles. The van der Waals surface area contributed by atoms with E-state index in [0.29, 0.717) is 25.5 Å². The van der Waals surface area contributed by atoms with Crippen LogP contribution in [0.4, 0.5) is 0 Å². The predicted octanol–water partition coefficient (Wildman–Crippen LogP) is 0.837. The summed E-state index contributed by atoms with van der Waals surface area (Å²) in [5.74, 6) is 1.81. The fourth-order valence-electron chi connectivity index (χ4n) is 2.03. The minimum atomic E-state index is -2.94. The third-order valence-electron chi connectivity index (χ3n) is 3.27. The van der Waals surface area contributed by atoms with Gasteiger partial charge in [0.05, 0.1) is 12.3 Å². The van der Waals surface area contributed by atoms with Crippen molar-refractivity contribution in [2.24, 2.45) is 4.99 Å². The van der Waals surface area contributed by atoms with Gasteiger partial charge in [-0.3, -0.25) is 4.99 Å². The molecule has 0 radical (unpaired) electrons. The van der Waals surface area contributed by atoms with E-state index < -0.39 is 9.84 Å². The Balaban J connectivity index is 0.00000529. The number of hydrogen-bond acceptors (Lipinski definition) is 5. The lowest BCUT2D eigenvalue weighted by Crippen LogP contribution is -2.43. The van der Waals surface area contributed by atoms with Gasteiger partial charge in [-0.25, -0.2) is 8.42 Å². The molecule has 8 nitrogen and oxygen atoms in total. The van der Waals surface area contributed by atoms with Gasteiger partial charge in [-0.2, -0.15) is 0 Å². The molecule has 1 unspecified atom stereocenters. The van der Waals surface area contributed by atoms with Gasteiger partial charge in [0.2, 0.25) is 0 Å². The minimum Gasteiger partial charge on any atom is -0.357 e. The monoisotopic (exact) mass is 472 g/mol. The molecule has 1 aromatic rings. The number of halogens is 1. The lowest BCUT2D eigenvalue weighted by molar-refractivity contribution is 0.580. The predicted molar refractivity (Wildman–Crippen MR) is 108 cm³/mol. The van der Waals surface area contributed by atoms with Gasteiger partial charge in [-0.15, -0.1) is 34.2 Å². The SMILES string of the molecule is CCNC(=NCCn1cnnc1CC)NC(C)CCS(C)(=O)=O.I. The molecule has 0 aromatic carbocycles. The highest BCUT2D eigenvalue weighted by Crippen LogP contribution is 1.97. The molecule has 1 rings (SSSR count). The van der Waals surface area contributed by atoms with Crippen LogP contribution >= 0.6 is 24.0 Å². The van der Waals surface area contributed by atoms with Crippen LogP contribution in [0.5, 0.6) is 0 Å². The van der Waals surface area contributed by atoms with E-state index in [0.717, 1.165) is 18.8 Å². The fraction of sp³-hybridized carbons (Fsp3) is 0.786. The molecule has 0 saturated carbocycles. The minimum absolute atomic E-state index is 0. The normalized spacial score (nSPS) is 13.2. The van der Waals surface area contributed by atoms with Crippen LogP contribution in [-0.2, 0) is 22.8 Å². The summed E-state index contributed by atoms with van der Waals surface area (Å²) < 4.78 is 24.4. The quantitative estimate of drug-likeness (QED) is 0.314. The summed E-state index contributed by atoms with van der Waals surface area (Å²) in [6, 6.07) is 0.0311. The van der Waals surface area contributed by atoms with Crippen LogP contribution < -0.4 is 10.6 Å². The van der Waals surface area contributed by atoms with Crippen molar-refractivity contribution in [2.75, 3.05) is 25.1 Å². The molecule has 0 bridgehead atoms. The Hall–Kier alpha value is -0.910. The van der Waals surface area contributed by atoms with Gasteiger partial charge in [0, 0.05) is 31.8 Å². The number of rotatable bonds is 9. The van der Waals surface area contributed by atoms with E-state index in [1.807, 2.05) is 25.3 Å². The first-order valence-corrected chi connectivity index (χ1v) is 10.0. The topological polar surface area (TPSA) is 101 Å². The summed E-state index contributed by atoms with van der Waals surface area (Å²) in [5, 5.41) is 14.3. The number of nitrogens with zero attached hydrogens (tertiary/aromatic N) is 4. The van der Waals surface area contributed by atoms with Crippen LogP contribution in [0, 0.1) is 0 Å². The van der Waals surface area contributed by atoms with E-state index in [1.165, 1.54) is 6.26 Å². The second-order valence-electron chi connectivity index (χ2n) is 5.52. The van der Waals surface area contributed by atoms with Gasteiger partial charge in [-0.05, 0) is 20.3 Å². The lowest BCUT2D eigenvalue weighted by Gasteiger charge is -2.17. The largest absolute Gasteiger partial charge is 0.357 e. The Kier molecular flexibility index (Phi) is 11.2. The van der Waals surface area contributed by atoms with Gasteiger partial charge < -0.3 is 15.2 Å². The average Bonchev–Trinajstić information content (AvgIpc) is 2.92. The van der Waals surface area contributed by atoms with Crippen molar-refractivity contribution in [3.63, 3.8) is 0 Å². The molecule has 0 spiro atoms. The van der Waals surface area contributed by atoms with E-state index in [1.54, 1.807) is 6.33 Å². The van der Waals surface area contributed by atoms with E-state index in [2.05, 4.69) is 25.8 Å². The maximum Gasteiger partial charge on any atom is 0.191 e. The first-order chi connectivity index (χ1) is 10.9. The number of hydrogen-bond donors (Lipinski definition) is 2. The van der Waals surface area contributed by atoms with Crippen molar-refractivity contribution in [1.82, 2.24) is 25.4 Å². The van der Waals surface area contributed by atoms with Crippen molar-refractivity contribution in [3.05, 3.63) is 12.2 Å². The number of guanidine groups is 1. The fourth-order valence-corrected chi connectivity index (χ4v) is 2.81. The molecule has 0 amide bonds. The summed E-state index contributed by atoms with van der Waals surface area (Å²) in [6.45, 7) is 8.04. The summed E-state index contributed by atoms with van der Waals surface area (Å²) in [4.78, 5) is 4.52. The number of aliphatic imine (C=N–C) groups is 1. The van der Waals surface area contributed by atoms with Gasteiger partial charge >= 0.3 is 0 Å². The van der Waals surface area contributed by atoms with Crippen LogP contribution in [0.25, 0.3) is 0 Å². The summed E-state index contributed by atoms with van der Waals surface area (Å²) in [7, 11) is -2.94. The first-order valence-electron chi connectivity index (χ1n) is 7.95. The highest BCUT2D eigenvalue weighted by Gasteiger charge is 2.09. The number of aromatic nitrogens is 3. The molecular formula is C14H29IN6O2S. The Morgan fingerprint density at radius 2 is 2.12 bits per heavy atom. The Labute approximate surface area is 161 Å². The molecule has 0 saturated heterocycles. The van der Waals surface area contributed by atoms with Crippen molar-refractivity contribution < 1.29 is 8.42 Å². The molecule has 0 aliphatic carbocycles. The van der Waals surface area contributed by atoms with Crippen molar-refractivity contribution in [2.45, 2.75) is 46.2 Å². The van der Waals surface area contributed by atoms with E-state index >= 15 is 0 Å². The summed E-state index contributed by atoms with van der Waals surface area (Å²) in [5.41, 5.74) is 0. The van der Waals surface area contributed by atoms with Crippen LogP contribution in [-0.4, -0.2) is 60.3 Å². The van der Waals surface area contributed by atoms with Crippen LogP contribution in [0.3, 0.4) is 0 Å². The van der Waals surface area contributed by atoms with Crippen LogP contribution in [0.15, 0.2) is 11.3 Å². The zero-order chi connectivity index (χ0) is 17.3. The Morgan fingerprint density at radius 1 is 1.42 bits per heavy atom. The van der Waals surface area contributed by atoms with Crippen LogP contribution in [0.1, 0.15) is 33.0 Å². The lowest BCUT2D eigenvalue weighted by atomic mass is 10.3. The zero-order valence-electron chi connectivity index (χ0n) is 14.8. The van der Waals surface area contributed by atoms with Crippen LogP contribution in [0.2, 0.25) is 0 Å². The van der Waals surface area contributed by atoms with E-state index in [9.17, 15) is 8.42 Å². The smallest absolute Gasteiger partial charge is 0.191 e. The third-order valence-corrected chi connectivity index (χ3v) is 4.25. The van der Waals surface area contributed by atoms with Gasteiger partial charge in [0.25, 0.3) is 0 Å². The maximum atomic E-state index is 11.2. The molecule has 0 fully saturated rings. The molecule has 140 valence electrons. The first kappa shape index (κ1) is 23.1. The van der Waals surface area contributed by atoms with Gasteiger partial charge in [0.15, 0.2) is 5.96 Å². The highest BCUT2D eigenvalue weighted by atomic mass is 127. The van der Waals surface area contributed by atoms with Crippen molar-refractivity contribution in [3.8, 4) is 0 Å². The second-order valence-corrected chi connectivity index (χ2v) is 7.78. The van der Waals surface area contributed by atoms with Crippen molar-refractivity contribution >= 4 is 39.8 Å². The summed E-state index contributed by atoms with van der Waals surface area (Å²) in [6.07, 6.45) is 4.35. The Bertz CT molecular complexity index is 602. The summed E-state index contributed by atoms with van der Waals surface area (Å²) >= 11 is 0. The number of nitrogens with one attached hydrogen (secondary N) is 2. The molecule has 1 aromatic heterocycles. The van der Waals surface area contributed by atoms with Gasteiger partial charge in [0.1, 0.15) is 22.0 Å². The molecule has 1 atom stereocenters. The van der Waals surface area contributed by atoms with Gasteiger partial charge in [-0.1, -0.05) is 6.92 Å². The number of sulfone groups is 1. The third kappa shape index (κ3) is 9.40. The number of aryl methyl sites for hydroxylation is 1. The maximum absolute atomic E-state index is 11.2. The van der Waals surface area contributed by atoms with Crippen molar-refractivity contribution in [1.29, 1.82) is 0 Å². The van der Waals surface area contributed by atoms with E-state index in [-0.39, 0.29) is 35.8 Å². The standard InChI is InChI=1S/C14H28N6O2S.HI/c1-5-13-19-17-11-20(13)9-8-16-14(15-6-2)18-12(3)7-10-23(4,21)22;/h11-12H,5-10H2,1-4H3,(H2,15,16,18);1H.